The van der Waals surface area contributed by atoms with Crippen molar-refractivity contribution in [2.75, 3.05) is 11.1 Å². The maximum Gasteiger partial charge on any atom is 0.293 e. The van der Waals surface area contributed by atoms with Crippen LogP contribution in [0.3, 0.4) is 0 Å². The zero-order valence-corrected chi connectivity index (χ0v) is 18.6. The van der Waals surface area contributed by atoms with Crippen molar-refractivity contribution in [3.8, 4) is 0 Å². The van der Waals surface area contributed by atoms with Crippen molar-refractivity contribution in [2.45, 2.75) is 25.1 Å². The summed E-state index contributed by atoms with van der Waals surface area (Å²) in [5, 5.41) is 12.5. The molecule has 2 aromatic carbocycles. The second-order valence-corrected chi connectivity index (χ2v) is 9.21. The van der Waals surface area contributed by atoms with E-state index in [-0.39, 0.29) is 5.91 Å². The molecule has 1 N–H and O–H groups in total. The highest BCUT2D eigenvalue weighted by Crippen LogP contribution is 2.31. The highest BCUT2D eigenvalue weighted by Gasteiger charge is 2.20. The van der Waals surface area contributed by atoms with Crippen molar-refractivity contribution >= 4 is 51.2 Å². The lowest BCUT2D eigenvalue weighted by molar-refractivity contribution is 0.0998. The number of nitrogens with zero attached hydrogens (tertiary/aromatic N) is 2. The number of fused-ring (bicyclic) bond motifs is 1. The van der Waals surface area contributed by atoms with Gasteiger partial charge in [-0.1, -0.05) is 71.6 Å². The molecule has 4 aromatic rings. The topological polar surface area (TPSA) is 68.0 Å². The molecule has 0 aliphatic carbocycles. The number of anilines is 1. The van der Waals surface area contributed by atoms with E-state index in [9.17, 15) is 4.79 Å². The number of carbonyl (C=O) groups excluding carboxylic acids is 1. The second-order valence-electron chi connectivity index (χ2n) is 6.97. The molecular formula is C23H21N3O2S2. The Morgan fingerprint density at radius 2 is 1.97 bits per heavy atom. The van der Waals surface area contributed by atoms with E-state index in [1.807, 2.05) is 51.1 Å². The van der Waals surface area contributed by atoms with Crippen LogP contribution in [0.4, 0.5) is 5.13 Å². The van der Waals surface area contributed by atoms with Crippen molar-refractivity contribution < 1.29 is 9.21 Å². The molecule has 0 atom stereocenters. The zero-order chi connectivity index (χ0) is 21.1. The molecule has 7 heteroatoms. The predicted molar refractivity (Wildman–Crippen MR) is 124 cm³/mol. The molecule has 0 aliphatic heterocycles. The Hall–Kier alpha value is -2.90. The standard InChI is InChI=1S/C23H21N3O2S2/c1-14-12-15(2)19-18(13-14)16(3)20(28-19)21(27)24-22-25-26-23(30-22)29-11-7-10-17-8-5-4-6-9-17/h4-10,12-13H,11H2,1-3H3,(H,24,25,27)/b10-7+. The molecule has 0 saturated carbocycles. The lowest BCUT2D eigenvalue weighted by Gasteiger charge is -1.98. The number of hydrogen-bond acceptors (Lipinski definition) is 6. The third-order valence-corrected chi connectivity index (χ3v) is 6.54. The van der Waals surface area contributed by atoms with Gasteiger partial charge in [-0.05, 0) is 43.5 Å². The first-order valence-corrected chi connectivity index (χ1v) is 11.3. The molecule has 0 radical (unpaired) electrons. The number of amides is 1. The first kappa shape index (κ1) is 20.4. The SMILES string of the molecule is Cc1cc(C)c2oc(C(=O)Nc3nnc(SC/C=C/c4ccccc4)s3)c(C)c2c1. The molecule has 152 valence electrons. The van der Waals surface area contributed by atoms with Gasteiger partial charge in [-0.2, -0.15) is 0 Å². The number of carbonyl (C=O) groups is 1. The fourth-order valence-electron chi connectivity index (χ4n) is 3.23. The van der Waals surface area contributed by atoms with Gasteiger partial charge in [-0.3, -0.25) is 10.1 Å². The number of aromatic nitrogens is 2. The lowest BCUT2D eigenvalue weighted by Crippen LogP contribution is -2.11. The molecule has 2 aromatic heterocycles. The predicted octanol–water partition coefficient (Wildman–Crippen LogP) is 6.27. The normalized spacial score (nSPS) is 11.4. The fraction of sp³-hybridized carbons (Fsp3) is 0.174. The smallest absolute Gasteiger partial charge is 0.293 e. The Balaban J connectivity index is 1.41. The summed E-state index contributed by atoms with van der Waals surface area (Å²) in [6.45, 7) is 5.93. The van der Waals surface area contributed by atoms with E-state index in [0.717, 1.165) is 43.3 Å². The van der Waals surface area contributed by atoms with E-state index in [2.05, 4.69) is 39.8 Å². The van der Waals surface area contributed by atoms with Gasteiger partial charge < -0.3 is 4.42 Å². The van der Waals surface area contributed by atoms with Gasteiger partial charge in [0.15, 0.2) is 10.1 Å². The van der Waals surface area contributed by atoms with E-state index >= 15 is 0 Å². The minimum Gasteiger partial charge on any atom is -0.450 e. The molecule has 4 rings (SSSR count). The van der Waals surface area contributed by atoms with Crippen LogP contribution in [-0.2, 0) is 0 Å². The molecule has 0 spiro atoms. The van der Waals surface area contributed by atoms with E-state index in [1.165, 1.54) is 11.3 Å². The minimum absolute atomic E-state index is 0.308. The van der Waals surface area contributed by atoms with E-state index in [4.69, 9.17) is 4.42 Å². The summed E-state index contributed by atoms with van der Waals surface area (Å²) in [4.78, 5) is 12.7. The van der Waals surface area contributed by atoms with Crippen LogP contribution in [0.5, 0.6) is 0 Å². The van der Waals surface area contributed by atoms with Gasteiger partial charge in [0, 0.05) is 16.7 Å². The Morgan fingerprint density at radius 1 is 1.17 bits per heavy atom. The number of hydrogen-bond donors (Lipinski definition) is 1. The summed E-state index contributed by atoms with van der Waals surface area (Å²) >= 11 is 2.93. The van der Waals surface area contributed by atoms with Crippen molar-refractivity contribution in [3.63, 3.8) is 0 Å². The highest BCUT2D eigenvalue weighted by molar-refractivity contribution is 8.01. The summed E-state index contributed by atoms with van der Waals surface area (Å²) in [5.41, 5.74) is 4.91. The molecule has 0 bridgehead atoms. The van der Waals surface area contributed by atoms with Gasteiger partial charge in [0.05, 0.1) is 0 Å². The van der Waals surface area contributed by atoms with Gasteiger partial charge in [0.1, 0.15) is 5.58 Å². The zero-order valence-electron chi connectivity index (χ0n) is 16.9. The van der Waals surface area contributed by atoms with Crippen LogP contribution < -0.4 is 5.32 Å². The quantitative estimate of drug-likeness (QED) is 0.286. The summed E-state index contributed by atoms with van der Waals surface area (Å²) in [5.74, 6) is 0.782. The number of benzene rings is 2. The fourth-order valence-corrected chi connectivity index (χ4v) is 4.81. The summed E-state index contributed by atoms with van der Waals surface area (Å²) in [7, 11) is 0. The van der Waals surface area contributed by atoms with Crippen molar-refractivity contribution in [1.29, 1.82) is 0 Å². The number of nitrogens with one attached hydrogen (secondary N) is 1. The van der Waals surface area contributed by atoms with Crippen molar-refractivity contribution in [2.24, 2.45) is 0 Å². The van der Waals surface area contributed by atoms with Crippen LogP contribution in [0.1, 0.15) is 32.8 Å². The monoisotopic (exact) mass is 435 g/mol. The Bertz CT molecular complexity index is 1230. The third kappa shape index (κ3) is 4.47. The Morgan fingerprint density at radius 3 is 2.77 bits per heavy atom. The molecule has 30 heavy (non-hydrogen) atoms. The molecule has 5 nitrogen and oxygen atoms in total. The third-order valence-electron chi connectivity index (χ3n) is 4.61. The second kappa shape index (κ2) is 8.85. The van der Waals surface area contributed by atoms with Crippen molar-refractivity contribution in [1.82, 2.24) is 10.2 Å². The number of furan rings is 1. The van der Waals surface area contributed by atoms with E-state index in [1.54, 1.807) is 11.8 Å². The van der Waals surface area contributed by atoms with Crippen LogP contribution in [-0.4, -0.2) is 21.9 Å². The molecular weight excluding hydrogens is 414 g/mol. The van der Waals surface area contributed by atoms with E-state index < -0.39 is 0 Å². The van der Waals surface area contributed by atoms with Crippen LogP contribution in [0, 0.1) is 20.8 Å². The largest absolute Gasteiger partial charge is 0.450 e. The van der Waals surface area contributed by atoms with Gasteiger partial charge in [-0.15, -0.1) is 10.2 Å². The van der Waals surface area contributed by atoms with Gasteiger partial charge >= 0.3 is 0 Å². The van der Waals surface area contributed by atoms with Gasteiger partial charge in [-0.25, -0.2) is 0 Å². The average molecular weight is 436 g/mol. The first-order chi connectivity index (χ1) is 14.5. The number of rotatable bonds is 6. The van der Waals surface area contributed by atoms with Gasteiger partial charge in [0.2, 0.25) is 5.13 Å². The molecule has 0 saturated heterocycles. The first-order valence-electron chi connectivity index (χ1n) is 9.51. The van der Waals surface area contributed by atoms with Crippen LogP contribution in [0.25, 0.3) is 17.0 Å². The molecule has 0 fully saturated rings. The summed E-state index contributed by atoms with van der Waals surface area (Å²) in [6, 6.07) is 14.2. The van der Waals surface area contributed by atoms with Crippen LogP contribution in [0.15, 0.2) is 57.3 Å². The molecule has 1 amide bonds. The maximum absolute atomic E-state index is 12.7. The van der Waals surface area contributed by atoms with Crippen molar-refractivity contribution in [3.05, 3.63) is 76.6 Å². The number of aryl methyl sites for hydroxylation is 3. The lowest BCUT2D eigenvalue weighted by atomic mass is 10.1. The minimum atomic E-state index is -0.308. The molecule has 0 unspecified atom stereocenters. The maximum atomic E-state index is 12.7. The Kier molecular flexibility index (Phi) is 6.01. The van der Waals surface area contributed by atoms with Gasteiger partial charge in [0.25, 0.3) is 5.91 Å². The highest BCUT2D eigenvalue weighted by atomic mass is 32.2. The number of thioether (sulfide) groups is 1. The molecule has 2 heterocycles. The molecule has 0 aliphatic rings. The van der Waals surface area contributed by atoms with E-state index in [0.29, 0.717) is 10.9 Å². The summed E-state index contributed by atoms with van der Waals surface area (Å²) < 4.78 is 6.68. The Labute approximate surface area is 183 Å². The summed E-state index contributed by atoms with van der Waals surface area (Å²) in [6.07, 6.45) is 4.16. The van der Waals surface area contributed by atoms with Crippen LogP contribution >= 0.6 is 23.1 Å². The van der Waals surface area contributed by atoms with Crippen LogP contribution in [0.2, 0.25) is 0 Å². The average Bonchev–Trinajstić information content (AvgIpc) is 3.31.